The highest BCUT2D eigenvalue weighted by molar-refractivity contribution is 7.47. The number of phosphoric ester groups is 1. The third kappa shape index (κ3) is 51.9. The number of allylic oxidation sites excluding steroid dienone is 18. The molecule has 0 aliphatic rings. The van der Waals surface area contributed by atoms with Crippen molar-refractivity contribution in [2.24, 2.45) is 5.73 Å². The summed E-state index contributed by atoms with van der Waals surface area (Å²) in [5.41, 5.74) is 5.37. The zero-order chi connectivity index (χ0) is 48.8. The van der Waals surface area contributed by atoms with E-state index in [2.05, 4.69) is 123 Å². The number of nitrogens with two attached hydrogens (primary N) is 1. The molecule has 0 aromatic rings. The first-order chi connectivity index (χ1) is 32.8. The summed E-state index contributed by atoms with van der Waals surface area (Å²) in [6.45, 7) is 3.49. The Balaban J connectivity index is 4.09. The van der Waals surface area contributed by atoms with Crippen molar-refractivity contribution < 1.29 is 37.6 Å². The Morgan fingerprint density at radius 1 is 0.448 bits per heavy atom. The second-order valence-electron chi connectivity index (χ2n) is 17.0. The van der Waals surface area contributed by atoms with E-state index in [-0.39, 0.29) is 32.6 Å². The van der Waals surface area contributed by atoms with Crippen molar-refractivity contribution in [2.45, 2.75) is 213 Å². The van der Waals surface area contributed by atoms with E-state index in [1.807, 2.05) is 0 Å². The fraction of sp³-hybridized carbons (Fsp3) is 0.649. The number of rotatable bonds is 48. The van der Waals surface area contributed by atoms with Crippen LogP contribution in [0.4, 0.5) is 0 Å². The van der Waals surface area contributed by atoms with Gasteiger partial charge in [-0.15, -0.1) is 0 Å². The summed E-state index contributed by atoms with van der Waals surface area (Å²) in [6.07, 6.45) is 69.8. The van der Waals surface area contributed by atoms with Gasteiger partial charge in [-0.25, -0.2) is 4.57 Å². The van der Waals surface area contributed by atoms with Gasteiger partial charge >= 0.3 is 19.8 Å². The molecule has 10 heteroatoms. The summed E-state index contributed by atoms with van der Waals surface area (Å²) in [5.74, 6) is -0.852. The standard InChI is InChI=1S/C57H96NO8P/c1-3-5-7-9-11-13-15-17-19-21-23-25-27-29-31-33-35-37-39-41-43-45-47-49-56(59)63-53-55(54-65-67(61,62)64-52-51-58)66-57(60)50-48-46-44-42-40-38-36-34-32-30-28-26-24-22-20-18-16-14-12-10-8-6-4-2/h5-8,11-14,17-20,23-26,30,32,55H,3-4,9-10,15-16,21-22,27-29,31,33-54,58H2,1-2H3,(H,61,62)/b7-5-,8-6-,13-11-,14-12-,19-17-,20-18-,25-23-,26-24-,32-30-. The Morgan fingerprint density at radius 3 is 1.15 bits per heavy atom. The lowest BCUT2D eigenvalue weighted by atomic mass is 10.1. The zero-order valence-electron chi connectivity index (χ0n) is 42.3. The summed E-state index contributed by atoms with van der Waals surface area (Å²) in [6, 6.07) is 0. The first kappa shape index (κ1) is 63.7. The number of hydrogen-bond acceptors (Lipinski definition) is 8. The highest BCUT2D eigenvalue weighted by Gasteiger charge is 2.26. The molecule has 3 N–H and O–H groups in total. The van der Waals surface area contributed by atoms with Crippen LogP contribution in [0.2, 0.25) is 0 Å². The van der Waals surface area contributed by atoms with Gasteiger partial charge in [0.2, 0.25) is 0 Å². The smallest absolute Gasteiger partial charge is 0.462 e. The molecule has 0 fully saturated rings. The normalized spacial score (nSPS) is 14.0. The highest BCUT2D eigenvalue weighted by atomic mass is 31.2. The summed E-state index contributed by atoms with van der Waals surface area (Å²) >= 11 is 0. The summed E-state index contributed by atoms with van der Waals surface area (Å²) in [4.78, 5) is 35.1. The Hall–Kier alpha value is -3.33. The molecule has 67 heavy (non-hydrogen) atoms. The van der Waals surface area contributed by atoms with Gasteiger partial charge in [0.15, 0.2) is 6.10 Å². The molecule has 0 radical (unpaired) electrons. The molecule has 0 saturated carbocycles. The number of esters is 2. The molecule has 0 heterocycles. The fourth-order valence-corrected chi connectivity index (χ4v) is 7.59. The average molecular weight is 954 g/mol. The predicted octanol–water partition coefficient (Wildman–Crippen LogP) is 16.3. The van der Waals surface area contributed by atoms with Crippen LogP contribution in [0.25, 0.3) is 0 Å². The molecule has 0 aromatic carbocycles. The van der Waals surface area contributed by atoms with Crippen LogP contribution in [-0.4, -0.2) is 49.3 Å². The molecule has 9 nitrogen and oxygen atoms in total. The monoisotopic (exact) mass is 954 g/mol. The third-order valence-electron chi connectivity index (χ3n) is 10.7. The molecule has 0 aliphatic carbocycles. The fourth-order valence-electron chi connectivity index (χ4n) is 6.83. The molecule has 0 spiro atoms. The Kier molecular flexibility index (Phi) is 49.5. The van der Waals surface area contributed by atoms with E-state index in [0.29, 0.717) is 6.42 Å². The molecular weight excluding hydrogens is 858 g/mol. The first-order valence-corrected chi connectivity index (χ1v) is 27.9. The minimum atomic E-state index is -4.40. The van der Waals surface area contributed by atoms with Crippen molar-refractivity contribution in [1.82, 2.24) is 0 Å². The van der Waals surface area contributed by atoms with E-state index < -0.39 is 32.5 Å². The van der Waals surface area contributed by atoms with E-state index in [1.165, 1.54) is 57.8 Å². The van der Waals surface area contributed by atoms with Gasteiger partial charge in [-0.1, -0.05) is 207 Å². The second kappa shape index (κ2) is 52.0. The number of ether oxygens (including phenoxy) is 2. The van der Waals surface area contributed by atoms with Gasteiger partial charge in [0, 0.05) is 19.4 Å². The van der Waals surface area contributed by atoms with E-state index in [1.54, 1.807) is 0 Å². The quantitative estimate of drug-likeness (QED) is 0.0264. The second-order valence-corrected chi connectivity index (χ2v) is 18.4. The minimum absolute atomic E-state index is 0.0449. The summed E-state index contributed by atoms with van der Waals surface area (Å²) in [5, 5.41) is 0. The number of carbonyl (C=O) groups excluding carboxylic acids is 2. The van der Waals surface area contributed by atoms with Crippen LogP contribution in [0.15, 0.2) is 109 Å². The Morgan fingerprint density at radius 2 is 0.776 bits per heavy atom. The summed E-state index contributed by atoms with van der Waals surface area (Å²) in [7, 11) is -4.40. The van der Waals surface area contributed by atoms with Crippen LogP contribution < -0.4 is 5.73 Å². The molecule has 0 aromatic heterocycles. The van der Waals surface area contributed by atoms with Crippen LogP contribution in [0.5, 0.6) is 0 Å². The molecule has 2 unspecified atom stereocenters. The molecular formula is C57H96NO8P. The Labute approximate surface area is 409 Å². The summed E-state index contributed by atoms with van der Waals surface area (Å²) < 4.78 is 33.0. The van der Waals surface area contributed by atoms with E-state index in [4.69, 9.17) is 24.3 Å². The number of hydrogen-bond donors (Lipinski definition) is 2. The molecule has 0 bridgehead atoms. The maximum Gasteiger partial charge on any atom is 0.472 e. The van der Waals surface area contributed by atoms with E-state index in [0.717, 1.165) is 116 Å². The lowest BCUT2D eigenvalue weighted by molar-refractivity contribution is -0.161. The topological polar surface area (TPSA) is 134 Å². The van der Waals surface area contributed by atoms with Crippen molar-refractivity contribution in [3.63, 3.8) is 0 Å². The number of phosphoric acid groups is 1. The van der Waals surface area contributed by atoms with Crippen LogP contribution >= 0.6 is 7.82 Å². The Bertz CT molecular complexity index is 1460. The van der Waals surface area contributed by atoms with Crippen LogP contribution in [0.1, 0.15) is 206 Å². The molecule has 0 saturated heterocycles. The highest BCUT2D eigenvalue weighted by Crippen LogP contribution is 2.43. The maximum atomic E-state index is 12.7. The lowest BCUT2D eigenvalue weighted by Crippen LogP contribution is -2.29. The average Bonchev–Trinajstić information content (AvgIpc) is 3.32. The minimum Gasteiger partial charge on any atom is -0.462 e. The number of carbonyl (C=O) groups is 2. The molecule has 382 valence electrons. The SMILES string of the molecule is CC/C=C\C/C=C\C/C=C\C/C=C\C/C=C\CCCCCCCCCC(=O)OC(COC(=O)CCCCCCCCCCCC/C=C\C/C=C\C/C=C\C/C=C\CC)COP(=O)(O)OCCN. The molecule has 0 rings (SSSR count). The van der Waals surface area contributed by atoms with Gasteiger partial charge < -0.3 is 20.1 Å². The van der Waals surface area contributed by atoms with E-state index >= 15 is 0 Å². The third-order valence-corrected chi connectivity index (χ3v) is 11.6. The predicted molar refractivity (Wildman–Crippen MR) is 284 cm³/mol. The van der Waals surface area contributed by atoms with Gasteiger partial charge in [0.1, 0.15) is 6.61 Å². The lowest BCUT2D eigenvalue weighted by Gasteiger charge is -2.19. The molecule has 2 atom stereocenters. The maximum absolute atomic E-state index is 12.7. The van der Waals surface area contributed by atoms with Crippen molar-refractivity contribution >= 4 is 19.8 Å². The molecule has 0 amide bonds. The van der Waals surface area contributed by atoms with Gasteiger partial charge in [-0.2, -0.15) is 0 Å². The van der Waals surface area contributed by atoms with Crippen molar-refractivity contribution in [2.75, 3.05) is 26.4 Å². The van der Waals surface area contributed by atoms with Gasteiger partial charge in [-0.3, -0.25) is 18.6 Å². The first-order valence-electron chi connectivity index (χ1n) is 26.4. The van der Waals surface area contributed by atoms with Gasteiger partial charge in [0.05, 0.1) is 13.2 Å². The number of unbranched alkanes of at least 4 members (excludes halogenated alkanes) is 17. The largest absolute Gasteiger partial charge is 0.472 e. The van der Waals surface area contributed by atoms with Crippen LogP contribution in [0, 0.1) is 0 Å². The van der Waals surface area contributed by atoms with Crippen molar-refractivity contribution in [3.05, 3.63) is 109 Å². The van der Waals surface area contributed by atoms with E-state index in [9.17, 15) is 19.0 Å². The van der Waals surface area contributed by atoms with Crippen LogP contribution in [0.3, 0.4) is 0 Å². The molecule has 0 aliphatic heterocycles. The zero-order valence-corrected chi connectivity index (χ0v) is 43.2. The van der Waals surface area contributed by atoms with Gasteiger partial charge in [-0.05, 0) is 96.3 Å². The van der Waals surface area contributed by atoms with Crippen molar-refractivity contribution in [3.8, 4) is 0 Å². The van der Waals surface area contributed by atoms with Crippen LogP contribution in [-0.2, 0) is 32.7 Å². The van der Waals surface area contributed by atoms with Crippen molar-refractivity contribution in [1.29, 1.82) is 0 Å². The van der Waals surface area contributed by atoms with Gasteiger partial charge in [0.25, 0.3) is 0 Å².